The van der Waals surface area contributed by atoms with Crippen molar-refractivity contribution in [2.45, 2.75) is 19.4 Å². The van der Waals surface area contributed by atoms with E-state index in [0.29, 0.717) is 0 Å². The van der Waals surface area contributed by atoms with Crippen molar-refractivity contribution < 1.29 is 4.74 Å². The first-order valence-electron chi connectivity index (χ1n) is 5.10. The Kier molecular flexibility index (Phi) is 3.91. The van der Waals surface area contributed by atoms with Crippen LogP contribution in [0.2, 0.25) is 0 Å². The highest BCUT2D eigenvalue weighted by atomic mass is 32.1. The second-order valence-electron chi connectivity index (χ2n) is 3.67. The fraction of sp³-hybridized carbons (Fsp3) is 0.700. The molecule has 14 heavy (non-hydrogen) atoms. The summed E-state index contributed by atoms with van der Waals surface area (Å²) < 4.78 is 5.32. The van der Waals surface area contributed by atoms with Crippen LogP contribution in [0.3, 0.4) is 0 Å². The van der Waals surface area contributed by atoms with Crippen LogP contribution in [-0.2, 0) is 11.3 Å². The molecule has 1 N–H and O–H groups in total. The average Bonchev–Trinajstić information content (AvgIpc) is 2.86. The number of nitrogens with one attached hydrogen (secondary N) is 1. The van der Waals surface area contributed by atoms with Gasteiger partial charge < -0.3 is 10.1 Å². The van der Waals surface area contributed by atoms with Crippen molar-refractivity contribution in [2.24, 2.45) is 5.92 Å². The number of hydrogen-bond donors (Lipinski definition) is 1. The third kappa shape index (κ3) is 3.04. The highest BCUT2D eigenvalue weighted by Crippen LogP contribution is 2.15. The van der Waals surface area contributed by atoms with Gasteiger partial charge in [-0.2, -0.15) is 0 Å². The van der Waals surface area contributed by atoms with E-state index in [0.717, 1.165) is 37.9 Å². The average molecular weight is 212 g/mol. The van der Waals surface area contributed by atoms with Crippen molar-refractivity contribution in [2.75, 3.05) is 19.8 Å². The summed E-state index contributed by atoms with van der Waals surface area (Å²) in [7, 11) is 0. The van der Waals surface area contributed by atoms with E-state index in [-0.39, 0.29) is 0 Å². The molecule has 1 saturated heterocycles. The summed E-state index contributed by atoms with van der Waals surface area (Å²) in [6.07, 6.45) is 2.46. The lowest BCUT2D eigenvalue weighted by molar-refractivity contribution is 0.184. The molecule has 4 heteroatoms. The van der Waals surface area contributed by atoms with Crippen molar-refractivity contribution in [1.82, 2.24) is 10.3 Å². The van der Waals surface area contributed by atoms with E-state index in [1.807, 2.05) is 5.51 Å². The molecule has 0 radical (unpaired) electrons. The second kappa shape index (κ2) is 5.44. The highest BCUT2D eigenvalue weighted by molar-refractivity contribution is 7.07. The monoisotopic (exact) mass is 212 g/mol. The van der Waals surface area contributed by atoms with Crippen LogP contribution in [0.15, 0.2) is 10.9 Å². The summed E-state index contributed by atoms with van der Waals surface area (Å²) in [5.41, 5.74) is 3.03. The molecule has 1 aliphatic rings. The summed E-state index contributed by atoms with van der Waals surface area (Å²) in [6.45, 7) is 3.89. The molecule has 78 valence electrons. The molecule has 3 nitrogen and oxygen atoms in total. The van der Waals surface area contributed by atoms with Crippen molar-refractivity contribution in [3.05, 3.63) is 16.6 Å². The van der Waals surface area contributed by atoms with Crippen molar-refractivity contribution in [1.29, 1.82) is 0 Å². The van der Waals surface area contributed by atoms with Crippen LogP contribution in [0.1, 0.15) is 18.5 Å². The van der Waals surface area contributed by atoms with E-state index in [1.165, 1.54) is 12.8 Å². The zero-order valence-electron chi connectivity index (χ0n) is 8.24. The zero-order valence-corrected chi connectivity index (χ0v) is 9.05. The van der Waals surface area contributed by atoms with Gasteiger partial charge in [-0.15, -0.1) is 11.3 Å². The predicted octanol–water partition coefficient (Wildman–Crippen LogP) is 1.66. The lowest BCUT2D eigenvalue weighted by Crippen LogP contribution is -2.18. The van der Waals surface area contributed by atoms with E-state index in [1.54, 1.807) is 11.3 Å². The maximum atomic E-state index is 5.32. The first-order valence-corrected chi connectivity index (χ1v) is 6.05. The Labute approximate surface area is 88.5 Å². The number of rotatable bonds is 5. The van der Waals surface area contributed by atoms with Gasteiger partial charge in [0, 0.05) is 25.1 Å². The summed E-state index contributed by atoms with van der Waals surface area (Å²) in [6, 6.07) is 0. The quantitative estimate of drug-likeness (QED) is 0.754. The van der Waals surface area contributed by atoms with E-state index >= 15 is 0 Å². The maximum Gasteiger partial charge on any atom is 0.0795 e. The number of thiazole rings is 1. The molecular weight excluding hydrogens is 196 g/mol. The molecule has 1 aromatic rings. The van der Waals surface area contributed by atoms with Gasteiger partial charge in [-0.05, 0) is 25.3 Å². The molecule has 0 amide bonds. The van der Waals surface area contributed by atoms with Gasteiger partial charge in [-0.1, -0.05) is 0 Å². The summed E-state index contributed by atoms with van der Waals surface area (Å²) in [5, 5.41) is 5.49. The van der Waals surface area contributed by atoms with Crippen molar-refractivity contribution in [3.8, 4) is 0 Å². The number of ether oxygens (including phenoxy) is 1. The normalized spacial score (nSPS) is 21.6. The molecule has 2 heterocycles. The van der Waals surface area contributed by atoms with Gasteiger partial charge in [0.05, 0.1) is 11.2 Å². The van der Waals surface area contributed by atoms with Crippen LogP contribution < -0.4 is 5.32 Å². The Bertz CT molecular complexity index is 245. The molecule has 0 aliphatic carbocycles. The van der Waals surface area contributed by atoms with Gasteiger partial charge in [0.25, 0.3) is 0 Å². The first kappa shape index (κ1) is 10.1. The third-order valence-corrected chi connectivity index (χ3v) is 3.18. The number of aromatic nitrogens is 1. The van der Waals surface area contributed by atoms with Gasteiger partial charge in [0.1, 0.15) is 0 Å². The molecule has 2 rings (SSSR count). The van der Waals surface area contributed by atoms with Gasteiger partial charge in [-0.25, -0.2) is 4.98 Å². The Morgan fingerprint density at radius 3 is 3.36 bits per heavy atom. The maximum absolute atomic E-state index is 5.32. The van der Waals surface area contributed by atoms with Gasteiger partial charge in [0.15, 0.2) is 0 Å². The molecule has 0 aromatic carbocycles. The smallest absolute Gasteiger partial charge is 0.0795 e. The van der Waals surface area contributed by atoms with Crippen LogP contribution in [0.4, 0.5) is 0 Å². The lowest BCUT2D eigenvalue weighted by atomic mass is 10.1. The molecule has 1 aliphatic heterocycles. The third-order valence-electron chi connectivity index (χ3n) is 2.54. The number of hydrogen-bond acceptors (Lipinski definition) is 4. The molecule has 0 bridgehead atoms. The minimum atomic E-state index is 0.776. The molecule has 1 unspecified atom stereocenters. The van der Waals surface area contributed by atoms with Crippen LogP contribution in [0, 0.1) is 5.92 Å². The predicted molar refractivity (Wildman–Crippen MR) is 57.4 cm³/mol. The Morgan fingerprint density at radius 2 is 2.64 bits per heavy atom. The van der Waals surface area contributed by atoms with E-state index in [4.69, 9.17) is 4.74 Å². The van der Waals surface area contributed by atoms with E-state index < -0.39 is 0 Å². The van der Waals surface area contributed by atoms with Crippen molar-refractivity contribution >= 4 is 11.3 Å². The zero-order chi connectivity index (χ0) is 9.64. The molecule has 1 aromatic heterocycles. The Balaban J connectivity index is 1.55. The van der Waals surface area contributed by atoms with Crippen LogP contribution in [0.5, 0.6) is 0 Å². The van der Waals surface area contributed by atoms with Crippen molar-refractivity contribution in [3.63, 3.8) is 0 Å². The van der Waals surface area contributed by atoms with Crippen LogP contribution in [0.25, 0.3) is 0 Å². The topological polar surface area (TPSA) is 34.2 Å². The summed E-state index contributed by atoms with van der Waals surface area (Å²) in [5.74, 6) is 0.776. The standard InChI is InChI=1S/C10H16N2OS/c1(9-2-4-13-6-9)3-11-5-10-7-14-8-12-10/h7-9,11H,1-6H2. The molecule has 0 saturated carbocycles. The Hall–Kier alpha value is -0.450. The van der Waals surface area contributed by atoms with Gasteiger partial charge in [-0.3, -0.25) is 0 Å². The van der Waals surface area contributed by atoms with E-state index in [9.17, 15) is 0 Å². The highest BCUT2D eigenvalue weighted by Gasteiger charge is 2.14. The fourth-order valence-corrected chi connectivity index (χ4v) is 2.22. The summed E-state index contributed by atoms with van der Waals surface area (Å²) in [4.78, 5) is 4.22. The SMILES string of the molecule is c1nc(CNCCC2CCOC2)cs1. The molecule has 1 atom stereocenters. The largest absolute Gasteiger partial charge is 0.381 e. The first-order chi connectivity index (χ1) is 6.95. The molecule has 1 fully saturated rings. The van der Waals surface area contributed by atoms with Gasteiger partial charge in [0.2, 0.25) is 0 Å². The fourth-order valence-electron chi connectivity index (χ4n) is 1.66. The lowest BCUT2D eigenvalue weighted by Gasteiger charge is -2.07. The van der Waals surface area contributed by atoms with Crippen LogP contribution >= 0.6 is 11.3 Å². The minimum absolute atomic E-state index is 0.776. The second-order valence-corrected chi connectivity index (χ2v) is 4.39. The summed E-state index contributed by atoms with van der Waals surface area (Å²) >= 11 is 1.65. The van der Waals surface area contributed by atoms with E-state index in [2.05, 4.69) is 15.7 Å². The number of nitrogens with zero attached hydrogens (tertiary/aromatic N) is 1. The van der Waals surface area contributed by atoms with Crippen LogP contribution in [-0.4, -0.2) is 24.7 Å². The Morgan fingerprint density at radius 1 is 1.64 bits per heavy atom. The van der Waals surface area contributed by atoms with Gasteiger partial charge >= 0.3 is 0 Å². The molecule has 0 spiro atoms. The molecular formula is C10H16N2OS. The minimum Gasteiger partial charge on any atom is -0.381 e.